The number of methoxy groups -OCH3 is 1. The van der Waals surface area contributed by atoms with Crippen LogP contribution >= 0.6 is 0 Å². The molecule has 0 amide bonds. The van der Waals surface area contributed by atoms with Crippen molar-refractivity contribution in [2.45, 2.75) is 45.2 Å². The van der Waals surface area contributed by atoms with Gasteiger partial charge >= 0.3 is 0 Å². The second-order valence-electron chi connectivity index (χ2n) is 6.09. The van der Waals surface area contributed by atoms with Crippen LogP contribution in [0.2, 0.25) is 0 Å². The molecule has 0 spiro atoms. The lowest BCUT2D eigenvalue weighted by atomic mass is 9.93. The Labute approximate surface area is 116 Å². The second-order valence-corrected chi connectivity index (χ2v) is 6.09. The van der Waals surface area contributed by atoms with Gasteiger partial charge < -0.3 is 10.5 Å². The maximum atomic E-state index is 6.20. The van der Waals surface area contributed by atoms with E-state index in [-0.39, 0.29) is 5.54 Å². The first kappa shape index (κ1) is 14.4. The number of piperidine rings is 1. The van der Waals surface area contributed by atoms with Gasteiger partial charge in [-0.25, -0.2) is 0 Å². The summed E-state index contributed by atoms with van der Waals surface area (Å²) in [7, 11) is 1.74. The van der Waals surface area contributed by atoms with Crippen molar-refractivity contribution in [2.75, 3.05) is 20.2 Å². The topological polar surface area (TPSA) is 38.5 Å². The van der Waals surface area contributed by atoms with E-state index >= 15 is 0 Å². The summed E-state index contributed by atoms with van der Waals surface area (Å²) < 4.78 is 5.49. The van der Waals surface area contributed by atoms with Crippen molar-refractivity contribution in [1.29, 1.82) is 0 Å². The Kier molecular flexibility index (Phi) is 4.48. The minimum absolute atomic E-state index is 0.303. The number of benzene rings is 1. The van der Waals surface area contributed by atoms with Crippen LogP contribution in [0.15, 0.2) is 18.2 Å². The molecule has 0 radical (unpaired) electrons. The molecule has 0 saturated carbocycles. The van der Waals surface area contributed by atoms with Crippen molar-refractivity contribution in [2.24, 2.45) is 5.73 Å². The molecule has 1 aliphatic heterocycles. The lowest BCUT2D eigenvalue weighted by molar-refractivity contribution is 0.218. The Morgan fingerprint density at radius 2 is 1.89 bits per heavy atom. The number of hydrogen-bond acceptors (Lipinski definition) is 3. The van der Waals surface area contributed by atoms with E-state index in [0.717, 1.165) is 12.3 Å². The van der Waals surface area contributed by atoms with Crippen LogP contribution in [0.5, 0.6) is 5.75 Å². The number of nitrogens with two attached hydrogens (primary N) is 1. The molecule has 19 heavy (non-hydrogen) atoms. The fourth-order valence-electron chi connectivity index (χ4n) is 2.66. The molecule has 106 valence electrons. The smallest absolute Gasteiger partial charge is 0.123 e. The van der Waals surface area contributed by atoms with Gasteiger partial charge in [-0.3, -0.25) is 4.90 Å². The third-order valence-electron chi connectivity index (χ3n) is 3.87. The summed E-state index contributed by atoms with van der Waals surface area (Å²) in [6.45, 7) is 7.44. The Balaban J connectivity index is 2.20. The highest BCUT2D eigenvalue weighted by molar-refractivity contribution is 5.39. The van der Waals surface area contributed by atoms with Crippen LogP contribution < -0.4 is 10.5 Å². The zero-order chi connectivity index (χ0) is 13.9. The number of hydrogen-bond donors (Lipinski definition) is 1. The predicted octanol–water partition coefficient (Wildman–Crippen LogP) is 2.87. The van der Waals surface area contributed by atoms with E-state index in [1.807, 2.05) is 19.9 Å². The Morgan fingerprint density at radius 3 is 2.47 bits per heavy atom. The summed E-state index contributed by atoms with van der Waals surface area (Å²) in [5.74, 6) is 0.971. The van der Waals surface area contributed by atoms with Gasteiger partial charge in [-0.2, -0.15) is 0 Å². The predicted molar refractivity (Wildman–Crippen MR) is 79.3 cm³/mol. The van der Waals surface area contributed by atoms with Gasteiger partial charge in [0, 0.05) is 17.6 Å². The molecule has 1 aromatic rings. The first-order chi connectivity index (χ1) is 9.00. The van der Waals surface area contributed by atoms with Crippen LogP contribution in [0.25, 0.3) is 0 Å². The van der Waals surface area contributed by atoms with Gasteiger partial charge in [0.1, 0.15) is 5.75 Å². The monoisotopic (exact) mass is 262 g/mol. The van der Waals surface area contributed by atoms with Crippen LogP contribution in [0.4, 0.5) is 0 Å². The fraction of sp³-hybridized carbons (Fsp3) is 0.625. The molecule has 1 aliphatic rings. The van der Waals surface area contributed by atoms with E-state index in [0.29, 0.717) is 0 Å². The lowest BCUT2D eigenvalue weighted by Gasteiger charge is -2.28. The van der Waals surface area contributed by atoms with Gasteiger partial charge in [-0.05, 0) is 57.5 Å². The number of nitrogens with zero attached hydrogens (tertiary/aromatic N) is 1. The van der Waals surface area contributed by atoms with Crippen molar-refractivity contribution >= 4 is 0 Å². The second kappa shape index (κ2) is 5.93. The number of rotatable bonds is 4. The van der Waals surface area contributed by atoms with Crippen LogP contribution in [-0.4, -0.2) is 25.1 Å². The highest BCUT2D eigenvalue weighted by Gasteiger charge is 2.18. The van der Waals surface area contributed by atoms with Crippen LogP contribution in [0, 0.1) is 0 Å². The quantitative estimate of drug-likeness (QED) is 0.906. The van der Waals surface area contributed by atoms with E-state index in [9.17, 15) is 0 Å². The van der Waals surface area contributed by atoms with Crippen LogP contribution in [0.3, 0.4) is 0 Å². The molecule has 2 rings (SSSR count). The number of likely N-dealkylation sites (tertiary alicyclic amines) is 1. The van der Waals surface area contributed by atoms with E-state index < -0.39 is 0 Å². The Bertz CT molecular complexity index is 417. The van der Waals surface area contributed by atoms with Crippen LogP contribution in [0.1, 0.15) is 44.2 Å². The molecule has 0 aromatic heterocycles. The third-order valence-corrected chi connectivity index (χ3v) is 3.87. The van der Waals surface area contributed by atoms with Gasteiger partial charge in [0.15, 0.2) is 0 Å². The van der Waals surface area contributed by atoms with Gasteiger partial charge in [-0.1, -0.05) is 12.5 Å². The molecule has 2 N–H and O–H groups in total. The molecule has 1 aromatic carbocycles. The average molecular weight is 262 g/mol. The SMILES string of the molecule is COc1ccc(C(C)(C)N)cc1CN1CCCCC1. The van der Waals surface area contributed by atoms with Gasteiger partial charge in [0.05, 0.1) is 7.11 Å². The normalized spacial score (nSPS) is 17.5. The van der Waals surface area contributed by atoms with Gasteiger partial charge in [0.2, 0.25) is 0 Å². The molecular formula is C16H26N2O. The molecule has 1 saturated heterocycles. The molecule has 3 nitrogen and oxygen atoms in total. The third kappa shape index (κ3) is 3.71. The lowest BCUT2D eigenvalue weighted by Crippen LogP contribution is -2.31. The summed E-state index contributed by atoms with van der Waals surface area (Å²) >= 11 is 0. The van der Waals surface area contributed by atoms with E-state index in [1.165, 1.54) is 43.5 Å². The van der Waals surface area contributed by atoms with E-state index in [1.54, 1.807) is 7.11 Å². The first-order valence-corrected chi connectivity index (χ1v) is 7.19. The summed E-state index contributed by atoms with van der Waals surface area (Å²) in [4.78, 5) is 2.51. The summed E-state index contributed by atoms with van der Waals surface area (Å²) in [6, 6.07) is 6.31. The van der Waals surface area contributed by atoms with Crippen molar-refractivity contribution in [3.63, 3.8) is 0 Å². The molecule has 0 bridgehead atoms. The van der Waals surface area contributed by atoms with E-state index in [4.69, 9.17) is 10.5 Å². The summed E-state index contributed by atoms with van der Waals surface area (Å²) in [6.07, 6.45) is 3.98. The molecule has 0 unspecified atom stereocenters. The van der Waals surface area contributed by atoms with Crippen LogP contribution in [-0.2, 0) is 12.1 Å². The average Bonchev–Trinajstić information content (AvgIpc) is 2.39. The Morgan fingerprint density at radius 1 is 1.21 bits per heavy atom. The number of ether oxygens (including phenoxy) is 1. The molecule has 3 heteroatoms. The molecule has 1 heterocycles. The standard InChI is InChI=1S/C16H26N2O/c1-16(2,17)14-7-8-15(19-3)13(11-14)12-18-9-5-4-6-10-18/h7-8,11H,4-6,9-10,12,17H2,1-3H3. The van der Waals surface area contributed by atoms with Gasteiger partial charge in [-0.15, -0.1) is 0 Å². The molecule has 0 aliphatic carbocycles. The largest absolute Gasteiger partial charge is 0.496 e. The minimum Gasteiger partial charge on any atom is -0.496 e. The van der Waals surface area contributed by atoms with Crippen molar-refractivity contribution in [3.05, 3.63) is 29.3 Å². The zero-order valence-electron chi connectivity index (χ0n) is 12.4. The van der Waals surface area contributed by atoms with E-state index in [2.05, 4.69) is 17.0 Å². The summed E-state index contributed by atoms with van der Waals surface area (Å²) in [5, 5.41) is 0. The zero-order valence-corrected chi connectivity index (χ0v) is 12.4. The van der Waals surface area contributed by atoms with Crippen molar-refractivity contribution in [1.82, 2.24) is 4.90 Å². The van der Waals surface area contributed by atoms with Crippen molar-refractivity contribution in [3.8, 4) is 5.75 Å². The highest BCUT2D eigenvalue weighted by atomic mass is 16.5. The maximum absolute atomic E-state index is 6.20. The van der Waals surface area contributed by atoms with Crippen molar-refractivity contribution < 1.29 is 4.74 Å². The maximum Gasteiger partial charge on any atom is 0.123 e. The molecule has 0 atom stereocenters. The first-order valence-electron chi connectivity index (χ1n) is 7.19. The Hall–Kier alpha value is -1.06. The molecular weight excluding hydrogens is 236 g/mol. The highest BCUT2D eigenvalue weighted by Crippen LogP contribution is 2.27. The minimum atomic E-state index is -0.303. The summed E-state index contributed by atoms with van der Waals surface area (Å²) in [5.41, 5.74) is 8.31. The molecule has 1 fully saturated rings. The fourth-order valence-corrected chi connectivity index (χ4v) is 2.66. The van der Waals surface area contributed by atoms with Gasteiger partial charge in [0.25, 0.3) is 0 Å².